The molecule has 1 N–H and O–H groups in total. The number of benzene rings is 2. The van der Waals surface area contributed by atoms with Crippen molar-refractivity contribution in [2.45, 2.75) is 19.9 Å². The van der Waals surface area contributed by atoms with Gasteiger partial charge in [0.25, 0.3) is 0 Å². The molecule has 0 unspecified atom stereocenters. The van der Waals surface area contributed by atoms with E-state index in [0.29, 0.717) is 18.0 Å². The maximum Gasteiger partial charge on any atom is 0.238 e. The number of hydrogen-bond donors (Lipinski definition) is 1. The highest BCUT2D eigenvalue weighted by Gasteiger charge is 2.15. The van der Waals surface area contributed by atoms with Crippen LogP contribution < -0.4 is 10.1 Å². The van der Waals surface area contributed by atoms with Crippen molar-refractivity contribution >= 4 is 11.6 Å². The summed E-state index contributed by atoms with van der Waals surface area (Å²) in [5.74, 6) is 1.28. The highest BCUT2D eigenvalue weighted by Crippen LogP contribution is 2.23. The highest BCUT2D eigenvalue weighted by molar-refractivity contribution is 5.93. The van der Waals surface area contributed by atoms with Gasteiger partial charge in [-0.2, -0.15) is 0 Å². The third-order valence-electron chi connectivity index (χ3n) is 4.30. The van der Waals surface area contributed by atoms with Crippen LogP contribution in [-0.2, 0) is 11.3 Å². The standard InChI is InChI=1S/C22H25N3O3/c1-3-13-25(16-22(26)23-19-11-7-8-12-21(19)27-2)15-18-14-20(24-28-18)17-9-5-4-6-10-17/h4-12,14H,3,13,15-16H2,1-2H3,(H,23,26). The lowest BCUT2D eigenvalue weighted by Gasteiger charge is -2.20. The van der Waals surface area contributed by atoms with Gasteiger partial charge in [-0.15, -0.1) is 0 Å². The Morgan fingerprint density at radius 1 is 1.14 bits per heavy atom. The van der Waals surface area contributed by atoms with Crippen LogP contribution in [0.4, 0.5) is 5.69 Å². The van der Waals surface area contributed by atoms with Crippen LogP contribution in [0.1, 0.15) is 19.1 Å². The molecule has 28 heavy (non-hydrogen) atoms. The quantitative estimate of drug-likeness (QED) is 0.603. The first kappa shape index (κ1) is 19.6. The molecule has 1 amide bonds. The van der Waals surface area contributed by atoms with Crippen molar-refractivity contribution < 1.29 is 14.1 Å². The van der Waals surface area contributed by atoms with Crippen molar-refractivity contribution in [1.29, 1.82) is 0 Å². The normalized spacial score (nSPS) is 10.8. The molecular weight excluding hydrogens is 354 g/mol. The molecule has 0 radical (unpaired) electrons. The van der Waals surface area contributed by atoms with E-state index in [1.165, 1.54) is 0 Å². The van der Waals surface area contributed by atoms with E-state index >= 15 is 0 Å². The van der Waals surface area contributed by atoms with E-state index in [0.717, 1.165) is 30.0 Å². The van der Waals surface area contributed by atoms with Crippen LogP contribution in [0.15, 0.2) is 65.2 Å². The molecule has 146 valence electrons. The first-order valence-corrected chi connectivity index (χ1v) is 9.36. The molecule has 3 aromatic rings. The number of aromatic nitrogens is 1. The third-order valence-corrected chi connectivity index (χ3v) is 4.30. The minimum Gasteiger partial charge on any atom is -0.495 e. The number of methoxy groups -OCH3 is 1. The number of para-hydroxylation sites is 2. The number of rotatable bonds is 9. The van der Waals surface area contributed by atoms with Gasteiger partial charge < -0.3 is 14.6 Å². The fourth-order valence-corrected chi connectivity index (χ4v) is 3.02. The number of anilines is 1. The van der Waals surface area contributed by atoms with Crippen LogP contribution in [0.5, 0.6) is 5.75 Å². The van der Waals surface area contributed by atoms with Crippen LogP contribution in [0, 0.1) is 0 Å². The minimum absolute atomic E-state index is 0.0965. The van der Waals surface area contributed by atoms with E-state index in [1.54, 1.807) is 7.11 Å². The zero-order valence-corrected chi connectivity index (χ0v) is 16.2. The first-order valence-electron chi connectivity index (χ1n) is 9.36. The van der Waals surface area contributed by atoms with Gasteiger partial charge in [0.05, 0.1) is 25.9 Å². The molecule has 2 aromatic carbocycles. The average molecular weight is 379 g/mol. The Bertz CT molecular complexity index is 893. The minimum atomic E-state index is -0.0965. The predicted molar refractivity (Wildman–Crippen MR) is 109 cm³/mol. The smallest absolute Gasteiger partial charge is 0.238 e. The van der Waals surface area contributed by atoms with E-state index < -0.39 is 0 Å². The zero-order valence-electron chi connectivity index (χ0n) is 16.2. The average Bonchev–Trinajstić information content (AvgIpc) is 3.17. The number of hydrogen-bond acceptors (Lipinski definition) is 5. The third kappa shape index (κ3) is 5.20. The van der Waals surface area contributed by atoms with E-state index in [1.807, 2.05) is 65.6 Å². The van der Waals surface area contributed by atoms with Crippen LogP contribution in [0.2, 0.25) is 0 Å². The molecule has 0 aliphatic rings. The number of carbonyl (C=O) groups is 1. The van der Waals surface area contributed by atoms with Crippen molar-refractivity contribution in [3.63, 3.8) is 0 Å². The fraction of sp³-hybridized carbons (Fsp3) is 0.273. The van der Waals surface area contributed by atoms with Crippen LogP contribution in [0.25, 0.3) is 11.3 Å². The monoisotopic (exact) mass is 379 g/mol. The Labute approximate surface area is 165 Å². The molecule has 0 saturated heterocycles. The molecule has 0 bridgehead atoms. The molecule has 1 heterocycles. The van der Waals surface area contributed by atoms with Crippen LogP contribution in [0.3, 0.4) is 0 Å². The Morgan fingerprint density at radius 3 is 2.64 bits per heavy atom. The van der Waals surface area contributed by atoms with Gasteiger partial charge in [0.1, 0.15) is 11.4 Å². The van der Waals surface area contributed by atoms with E-state index in [2.05, 4.69) is 17.4 Å². The Hall–Kier alpha value is -3.12. The summed E-state index contributed by atoms with van der Waals surface area (Å²) in [7, 11) is 1.59. The molecule has 0 spiro atoms. The van der Waals surface area contributed by atoms with Crippen LogP contribution >= 0.6 is 0 Å². The summed E-state index contributed by atoms with van der Waals surface area (Å²) in [6.07, 6.45) is 0.932. The summed E-state index contributed by atoms with van der Waals surface area (Å²) >= 11 is 0. The molecular formula is C22H25N3O3. The summed E-state index contributed by atoms with van der Waals surface area (Å²) in [4.78, 5) is 14.6. The first-order chi connectivity index (χ1) is 13.7. The van der Waals surface area contributed by atoms with Gasteiger partial charge in [0, 0.05) is 11.6 Å². The number of nitrogens with one attached hydrogen (secondary N) is 1. The van der Waals surface area contributed by atoms with Crippen LogP contribution in [-0.4, -0.2) is 36.2 Å². The van der Waals surface area contributed by atoms with Gasteiger partial charge in [0.2, 0.25) is 5.91 Å². The Balaban J connectivity index is 1.63. The van der Waals surface area contributed by atoms with Gasteiger partial charge in [0.15, 0.2) is 5.76 Å². The van der Waals surface area contributed by atoms with Gasteiger partial charge in [-0.1, -0.05) is 54.5 Å². The molecule has 0 fully saturated rings. The van der Waals surface area contributed by atoms with E-state index in [4.69, 9.17) is 9.26 Å². The summed E-state index contributed by atoms with van der Waals surface area (Å²) in [6.45, 7) is 3.64. The van der Waals surface area contributed by atoms with Gasteiger partial charge in [-0.3, -0.25) is 9.69 Å². The number of carbonyl (C=O) groups excluding carboxylic acids is 1. The largest absolute Gasteiger partial charge is 0.495 e. The maximum absolute atomic E-state index is 12.5. The molecule has 0 atom stereocenters. The molecule has 0 aliphatic carbocycles. The molecule has 1 aromatic heterocycles. The fourth-order valence-electron chi connectivity index (χ4n) is 3.02. The second-order valence-electron chi connectivity index (χ2n) is 6.50. The van der Waals surface area contributed by atoms with Crippen molar-refractivity contribution in [3.05, 3.63) is 66.4 Å². The SMILES string of the molecule is CCCN(CC(=O)Nc1ccccc1OC)Cc1cc(-c2ccccc2)no1. The number of amides is 1. The van der Waals surface area contributed by atoms with Crippen molar-refractivity contribution in [1.82, 2.24) is 10.1 Å². The van der Waals surface area contributed by atoms with Gasteiger partial charge >= 0.3 is 0 Å². The van der Waals surface area contributed by atoms with Crippen molar-refractivity contribution in [3.8, 4) is 17.0 Å². The van der Waals surface area contributed by atoms with E-state index in [-0.39, 0.29) is 12.5 Å². The molecule has 6 nitrogen and oxygen atoms in total. The highest BCUT2D eigenvalue weighted by atomic mass is 16.5. The predicted octanol–water partition coefficient (Wildman–Crippen LogP) is 4.20. The lowest BCUT2D eigenvalue weighted by molar-refractivity contribution is -0.117. The second kappa shape index (κ2) is 9.71. The summed E-state index contributed by atoms with van der Waals surface area (Å²) in [5.41, 5.74) is 2.47. The molecule has 0 aliphatic heterocycles. The Morgan fingerprint density at radius 2 is 1.89 bits per heavy atom. The lowest BCUT2D eigenvalue weighted by atomic mass is 10.1. The summed E-state index contributed by atoms with van der Waals surface area (Å²) < 4.78 is 10.8. The lowest BCUT2D eigenvalue weighted by Crippen LogP contribution is -2.33. The number of ether oxygens (including phenoxy) is 1. The molecule has 6 heteroatoms. The summed E-state index contributed by atoms with van der Waals surface area (Å²) in [6, 6.07) is 19.2. The van der Waals surface area contributed by atoms with Crippen molar-refractivity contribution in [2.24, 2.45) is 0 Å². The molecule has 3 rings (SSSR count). The van der Waals surface area contributed by atoms with Gasteiger partial charge in [-0.25, -0.2) is 0 Å². The van der Waals surface area contributed by atoms with Crippen molar-refractivity contribution in [2.75, 3.05) is 25.5 Å². The topological polar surface area (TPSA) is 67.6 Å². The number of nitrogens with zero attached hydrogens (tertiary/aromatic N) is 2. The van der Waals surface area contributed by atoms with E-state index in [9.17, 15) is 4.79 Å². The van der Waals surface area contributed by atoms with Gasteiger partial charge in [-0.05, 0) is 25.1 Å². The zero-order chi connectivity index (χ0) is 19.8. The Kier molecular flexibility index (Phi) is 6.81. The second-order valence-corrected chi connectivity index (χ2v) is 6.50. The summed E-state index contributed by atoms with van der Waals surface area (Å²) in [5, 5.41) is 7.07. The maximum atomic E-state index is 12.5. The molecule has 0 saturated carbocycles.